The first kappa shape index (κ1) is 15.2. The average molecular weight is 285 g/mol. The number of ether oxygens (including phenoxy) is 2. The number of nitrogens with one attached hydrogen (secondary N) is 1. The molecule has 0 saturated heterocycles. The first-order chi connectivity index (χ1) is 10.3. The molecule has 0 fully saturated rings. The van der Waals surface area contributed by atoms with Gasteiger partial charge in [-0.25, -0.2) is 0 Å². The first-order valence-corrected chi connectivity index (χ1v) is 7.42. The third-order valence-corrected chi connectivity index (χ3v) is 3.28. The van der Waals surface area contributed by atoms with Crippen molar-refractivity contribution < 1.29 is 9.47 Å². The molecule has 0 amide bonds. The zero-order valence-corrected chi connectivity index (χ0v) is 12.8. The third kappa shape index (κ3) is 4.71. The number of rotatable bonds is 8. The van der Waals surface area contributed by atoms with Gasteiger partial charge in [0.05, 0.1) is 13.7 Å². The van der Waals surface area contributed by atoms with Crippen LogP contribution in [0, 0.1) is 0 Å². The molecule has 1 N–H and O–H groups in total. The number of hydrogen-bond donors (Lipinski definition) is 1. The van der Waals surface area contributed by atoms with Gasteiger partial charge in [0.2, 0.25) is 0 Å². The Morgan fingerprint density at radius 3 is 2.52 bits per heavy atom. The Balaban J connectivity index is 1.83. The summed E-state index contributed by atoms with van der Waals surface area (Å²) in [5.41, 5.74) is 2.44. The Morgan fingerprint density at radius 2 is 1.81 bits per heavy atom. The molecular formula is C18H23NO2. The summed E-state index contributed by atoms with van der Waals surface area (Å²) in [5, 5.41) is 3.42. The van der Waals surface area contributed by atoms with Crippen molar-refractivity contribution in [1.29, 1.82) is 0 Å². The molecule has 112 valence electrons. The highest BCUT2D eigenvalue weighted by Gasteiger charge is 2.04. The maximum absolute atomic E-state index is 5.51. The smallest absolute Gasteiger partial charge is 0.162 e. The molecule has 0 unspecified atom stereocenters. The van der Waals surface area contributed by atoms with Crippen LogP contribution in [0.5, 0.6) is 11.5 Å². The van der Waals surface area contributed by atoms with Gasteiger partial charge in [0.1, 0.15) is 0 Å². The van der Waals surface area contributed by atoms with Crippen LogP contribution in [0.25, 0.3) is 0 Å². The lowest BCUT2D eigenvalue weighted by Gasteiger charge is -2.12. The topological polar surface area (TPSA) is 30.5 Å². The quantitative estimate of drug-likeness (QED) is 0.739. The summed E-state index contributed by atoms with van der Waals surface area (Å²) in [6.45, 7) is 3.54. The molecule has 0 aliphatic carbocycles. The van der Waals surface area contributed by atoms with Gasteiger partial charge < -0.3 is 14.8 Å². The van der Waals surface area contributed by atoms with Gasteiger partial charge in [-0.2, -0.15) is 0 Å². The second kappa shape index (κ2) is 8.20. The Kier molecular flexibility index (Phi) is 5.95. The van der Waals surface area contributed by atoms with Crippen molar-refractivity contribution in [2.24, 2.45) is 0 Å². The van der Waals surface area contributed by atoms with Crippen molar-refractivity contribution in [3.63, 3.8) is 0 Å². The van der Waals surface area contributed by atoms with E-state index >= 15 is 0 Å². The number of anilines is 1. The molecule has 0 bridgehead atoms. The summed E-state index contributed by atoms with van der Waals surface area (Å²) in [6.07, 6.45) is 2.18. The minimum Gasteiger partial charge on any atom is -0.493 e. The second-order valence-electron chi connectivity index (χ2n) is 4.81. The molecule has 0 radical (unpaired) electrons. The summed E-state index contributed by atoms with van der Waals surface area (Å²) in [7, 11) is 1.66. The van der Waals surface area contributed by atoms with Crippen molar-refractivity contribution in [3.05, 3.63) is 54.1 Å². The summed E-state index contributed by atoms with van der Waals surface area (Å²) in [6, 6.07) is 16.5. The van der Waals surface area contributed by atoms with E-state index in [1.54, 1.807) is 7.11 Å². The van der Waals surface area contributed by atoms with E-state index in [2.05, 4.69) is 29.6 Å². The van der Waals surface area contributed by atoms with Crippen molar-refractivity contribution in [3.8, 4) is 11.5 Å². The van der Waals surface area contributed by atoms with Crippen LogP contribution >= 0.6 is 0 Å². The fourth-order valence-electron chi connectivity index (χ4n) is 2.22. The van der Waals surface area contributed by atoms with Crippen LogP contribution in [0.1, 0.15) is 18.9 Å². The van der Waals surface area contributed by atoms with Gasteiger partial charge in [-0.05, 0) is 37.5 Å². The summed E-state index contributed by atoms with van der Waals surface area (Å²) in [5.74, 6) is 1.56. The Hall–Kier alpha value is -2.16. The number of benzene rings is 2. The number of aryl methyl sites for hydroxylation is 1. The second-order valence-corrected chi connectivity index (χ2v) is 4.81. The SMILES string of the molecule is CCOc1ccc(NCCCc2ccccc2)cc1OC. The molecule has 0 aliphatic heterocycles. The van der Waals surface area contributed by atoms with Crippen molar-refractivity contribution in [2.45, 2.75) is 19.8 Å². The fourth-order valence-corrected chi connectivity index (χ4v) is 2.22. The fraction of sp³-hybridized carbons (Fsp3) is 0.333. The van der Waals surface area contributed by atoms with Crippen LogP contribution in [0.3, 0.4) is 0 Å². The van der Waals surface area contributed by atoms with Gasteiger partial charge in [0.25, 0.3) is 0 Å². The maximum Gasteiger partial charge on any atom is 0.162 e. The first-order valence-electron chi connectivity index (χ1n) is 7.42. The summed E-state index contributed by atoms with van der Waals surface area (Å²) in [4.78, 5) is 0. The molecule has 2 aromatic carbocycles. The lowest BCUT2D eigenvalue weighted by atomic mass is 10.1. The van der Waals surface area contributed by atoms with Crippen LogP contribution in [0.15, 0.2) is 48.5 Å². The Morgan fingerprint density at radius 1 is 1.00 bits per heavy atom. The number of hydrogen-bond acceptors (Lipinski definition) is 3. The maximum atomic E-state index is 5.51. The zero-order valence-electron chi connectivity index (χ0n) is 12.8. The van der Waals surface area contributed by atoms with E-state index in [1.165, 1.54) is 5.56 Å². The standard InChI is InChI=1S/C18H23NO2/c1-3-21-17-12-11-16(14-18(17)20-2)19-13-7-10-15-8-5-4-6-9-15/h4-6,8-9,11-12,14,19H,3,7,10,13H2,1-2H3. The van der Waals surface area contributed by atoms with E-state index in [4.69, 9.17) is 9.47 Å². The molecule has 0 aromatic heterocycles. The van der Waals surface area contributed by atoms with E-state index in [1.807, 2.05) is 31.2 Å². The summed E-state index contributed by atoms with van der Waals surface area (Å²) < 4.78 is 10.9. The predicted octanol–water partition coefficient (Wildman–Crippen LogP) is 4.14. The minimum atomic E-state index is 0.639. The molecule has 2 aromatic rings. The Bertz CT molecular complexity index is 540. The van der Waals surface area contributed by atoms with Gasteiger partial charge in [0.15, 0.2) is 11.5 Å². The molecule has 3 heteroatoms. The highest BCUT2D eigenvalue weighted by molar-refractivity contribution is 5.54. The predicted molar refractivity (Wildman–Crippen MR) is 87.4 cm³/mol. The lowest BCUT2D eigenvalue weighted by Crippen LogP contribution is -2.03. The van der Waals surface area contributed by atoms with Crippen molar-refractivity contribution in [2.75, 3.05) is 25.6 Å². The Labute approximate surface area is 126 Å². The van der Waals surface area contributed by atoms with Crippen LogP contribution < -0.4 is 14.8 Å². The van der Waals surface area contributed by atoms with Gasteiger partial charge >= 0.3 is 0 Å². The van der Waals surface area contributed by atoms with Gasteiger partial charge in [-0.3, -0.25) is 0 Å². The largest absolute Gasteiger partial charge is 0.493 e. The number of methoxy groups -OCH3 is 1. The van der Waals surface area contributed by atoms with Crippen LogP contribution in [-0.2, 0) is 6.42 Å². The zero-order chi connectivity index (χ0) is 14.9. The molecular weight excluding hydrogens is 262 g/mol. The minimum absolute atomic E-state index is 0.639. The third-order valence-electron chi connectivity index (χ3n) is 3.28. The normalized spacial score (nSPS) is 10.2. The molecule has 0 saturated carbocycles. The van der Waals surface area contributed by atoms with E-state index in [0.29, 0.717) is 6.61 Å². The van der Waals surface area contributed by atoms with E-state index in [0.717, 1.165) is 36.6 Å². The monoisotopic (exact) mass is 285 g/mol. The van der Waals surface area contributed by atoms with Crippen LogP contribution in [0.2, 0.25) is 0 Å². The molecule has 21 heavy (non-hydrogen) atoms. The molecule has 3 nitrogen and oxygen atoms in total. The van der Waals surface area contributed by atoms with E-state index < -0.39 is 0 Å². The molecule has 0 atom stereocenters. The molecule has 2 rings (SSSR count). The average Bonchev–Trinajstić information content (AvgIpc) is 2.54. The van der Waals surface area contributed by atoms with Gasteiger partial charge in [-0.15, -0.1) is 0 Å². The van der Waals surface area contributed by atoms with Gasteiger partial charge in [-0.1, -0.05) is 30.3 Å². The van der Waals surface area contributed by atoms with E-state index in [-0.39, 0.29) is 0 Å². The van der Waals surface area contributed by atoms with E-state index in [9.17, 15) is 0 Å². The van der Waals surface area contributed by atoms with Crippen molar-refractivity contribution >= 4 is 5.69 Å². The molecule has 0 spiro atoms. The highest BCUT2D eigenvalue weighted by Crippen LogP contribution is 2.30. The lowest BCUT2D eigenvalue weighted by molar-refractivity contribution is 0.311. The van der Waals surface area contributed by atoms with Gasteiger partial charge in [0, 0.05) is 18.3 Å². The van der Waals surface area contributed by atoms with Crippen molar-refractivity contribution in [1.82, 2.24) is 0 Å². The van der Waals surface area contributed by atoms with Crippen LogP contribution in [-0.4, -0.2) is 20.3 Å². The molecule has 0 heterocycles. The summed E-state index contributed by atoms with van der Waals surface area (Å²) >= 11 is 0. The van der Waals surface area contributed by atoms with Crippen LogP contribution in [0.4, 0.5) is 5.69 Å². The highest BCUT2D eigenvalue weighted by atomic mass is 16.5. The molecule has 0 aliphatic rings.